The molecule has 1 aromatic carbocycles. The van der Waals surface area contributed by atoms with Crippen LogP contribution >= 0.6 is 0 Å². The highest BCUT2D eigenvalue weighted by molar-refractivity contribution is 5.45. The van der Waals surface area contributed by atoms with E-state index in [1.54, 1.807) is 0 Å². The Morgan fingerprint density at radius 2 is 2.06 bits per heavy atom. The summed E-state index contributed by atoms with van der Waals surface area (Å²) in [5.74, 6) is 1.73. The highest BCUT2D eigenvalue weighted by atomic mass is 16.5. The highest BCUT2D eigenvalue weighted by Crippen LogP contribution is 2.32. The molecule has 0 saturated heterocycles. The van der Waals surface area contributed by atoms with Gasteiger partial charge in [-0.05, 0) is 47.9 Å². The summed E-state index contributed by atoms with van der Waals surface area (Å²) in [7, 11) is 0. The Kier molecular flexibility index (Phi) is 2.40. The molecule has 2 aliphatic rings. The van der Waals surface area contributed by atoms with Crippen LogP contribution in [-0.2, 0) is 19.3 Å². The molecule has 1 aromatic rings. The Hall–Kier alpha value is -1.02. The van der Waals surface area contributed by atoms with E-state index in [1.165, 1.54) is 29.5 Å². The number of nitrogens with two attached hydrogens (primary N) is 1. The van der Waals surface area contributed by atoms with Crippen molar-refractivity contribution in [2.75, 3.05) is 6.61 Å². The molecule has 2 heteroatoms. The van der Waals surface area contributed by atoms with Crippen LogP contribution in [0.3, 0.4) is 0 Å². The van der Waals surface area contributed by atoms with Crippen LogP contribution in [0, 0.1) is 5.92 Å². The minimum Gasteiger partial charge on any atom is -0.493 e. The zero-order chi connectivity index (χ0) is 11.1. The SMILES string of the molecule is CC1CCc2cc3c(cc2CC1N)OCC3. The van der Waals surface area contributed by atoms with E-state index < -0.39 is 0 Å². The summed E-state index contributed by atoms with van der Waals surface area (Å²) >= 11 is 0. The second-order valence-corrected chi connectivity index (χ2v) is 5.21. The van der Waals surface area contributed by atoms with Crippen molar-refractivity contribution in [3.63, 3.8) is 0 Å². The lowest BCUT2D eigenvalue weighted by Crippen LogP contribution is -2.29. The molecule has 1 aliphatic heterocycles. The second-order valence-electron chi connectivity index (χ2n) is 5.21. The molecular weight excluding hydrogens is 198 g/mol. The molecule has 0 fully saturated rings. The third-order valence-corrected chi connectivity index (χ3v) is 4.07. The molecule has 86 valence electrons. The summed E-state index contributed by atoms with van der Waals surface area (Å²) < 4.78 is 5.63. The molecule has 0 bridgehead atoms. The van der Waals surface area contributed by atoms with Gasteiger partial charge in [0, 0.05) is 12.5 Å². The van der Waals surface area contributed by atoms with E-state index >= 15 is 0 Å². The maximum Gasteiger partial charge on any atom is 0.122 e. The molecular formula is C14H19NO. The van der Waals surface area contributed by atoms with E-state index in [-0.39, 0.29) is 0 Å². The summed E-state index contributed by atoms with van der Waals surface area (Å²) in [5, 5.41) is 0. The molecule has 1 aliphatic carbocycles. The van der Waals surface area contributed by atoms with Gasteiger partial charge >= 0.3 is 0 Å². The fourth-order valence-electron chi connectivity index (χ4n) is 2.79. The first-order valence-electron chi connectivity index (χ1n) is 6.27. The molecule has 0 spiro atoms. The molecule has 1 heterocycles. The van der Waals surface area contributed by atoms with Gasteiger partial charge in [0.15, 0.2) is 0 Å². The molecule has 2 unspecified atom stereocenters. The first-order chi connectivity index (χ1) is 7.74. The van der Waals surface area contributed by atoms with Crippen molar-refractivity contribution < 1.29 is 4.74 Å². The van der Waals surface area contributed by atoms with Gasteiger partial charge < -0.3 is 10.5 Å². The summed E-state index contributed by atoms with van der Waals surface area (Å²) in [6, 6.07) is 4.89. The first kappa shape index (κ1) is 10.2. The lowest BCUT2D eigenvalue weighted by molar-refractivity contribution is 0.356. The lowest BCUT2D eigenvalue weighted by Gasteiger charge is -2.15. The predicted molar refractivity (Wildman–Crippen MR) is 64.8 cm³/mol. The molecule has 0 amide bonds. The molecule has 0 radical (unpaired) electrons. The number of ether oxygens (including phenoxy) is 1. The quantitative estimate of drug-likeness (QED) is 0.675. The maximum absolute atomic E-state index is 6.20. The van der Waals surface area contributed by atoms with Crippen LogP contribution < -0.4 is 10.5 Å². The third kappa shape index (κ3) is 1.61. The van der Waals surface area contributed by atoms with Gasteiger partial charge in [-0.25, -0.2) is 0 Å². The van der Waals surface area contributed by atoms with Gasteiger partial charge in [-0.2, -0.15) is 0 Å². The average molecular weight is 217 g/mol. The number of rotatable bonds is 0. The van der Waals surface area contributed by atoms with Crippen molar-refractivity contribution >= 4 is 0 Å². The first-order valence-corrected chi connectivity index (χ1v) is 6.27. The van der Waals surface area contributed by atoms with Gasteiger partial charge in [-0.15, -0.1) is 0 Å². The van der Waals surface area contributed by atoms with Crippen LogP contribution in [0.4, 0.5) is 0 Å². The minimum absolute atomic E-state index is 0.306. The van der Waals surface area contributed by atoms with Crippen LogP contribution in [0.5, 0.6) is 5.75 Å². The van der Waals surface area contributed by atoms with Gasteiger partial charge in [0.25, 0.3) is 0 Å². The Labute approximate surface area is 96.8 Å². The van der Waals surface area contributed by atoms with Gasteiger partial charge in [0.2, 0.25) is 0 Å². The minimum atomic E-state index is 0.306. The molecule has 2 N–H and O–H groups in total. The van der Waals surface area contributed by atoms with Crippen LogP contribution in [0.1, 0.15) is 30.0 Å². The van der Waals surface area contributed by atoms with Crippen molar-refractivity contribution in [2.24, 2.45) is 11.7 Å². The lowest BCUT2D eigenvalue weighted by atomic mass is 9.96. The van der Waals surface area contributed by atoms with Gasteiger partial charge in [0.1, 0.15) is 5.75 Å². The standard InChI is InChI=1S/C14H19NO/c1-9-2-3-10-6-11-4-5-16-14(11)8-12(10)7-13(9)15/h6,8-9,13H,2-5,7,15H2,1H3. The average Bonchev–Trinajstić information content (AvgIpc) is 2.66. The fraction of sp³-hybridized carbons (Fsp3) is 0.571. The number of fused-ring (bicyclic) bond motifs is 2. The highest BCUT2D eigenvalue weighted by Gasteiger charge is 2.22. The zero-order valence-electron chi connectivity index (χ0n) is 9.83. The topological polar surface area (TPSA) is 35.2 Å². The fourth-order valence-corrected chi connectivity index (χ4v) is 2.79. The summed E-state index contributed by atoms with van der Waals surface area (Å²) in [6.45, 7) is 3.11. The molecule has 16 heavy (non-hydrogen) atoms. The van der Waals surface area contributed by atoms with E-state index in [9.17, 15) is 0 Å². The number of hydrogen-bond acceptors (Lipinski definition) is 2. The smallest absolute Gasteiger partial charge is 0.122 e. The van der Waals surface area contributed by atoms with Crippen molar-refractivity contribution in [3.05, 3.63) is 28.8 Å². The normalized spacial score (nSPS) is 27.9. The maximum atomic E-state index is 6.20. The van der Waals surface area contributed by atoms with Crippen molar-refractivity contribution in [1.82, 2.24) is 0 Å². The number of benzene rings is 1. The monoisotopic (exact) mass is 217 g/mol. The Bertz CT molecular complexity index is 413. The molecule has 0 aromatic heterocycles. The predicted octanol–water partition coefficient (Wildman–Crippen LogP) is 2.07. The van der Waals surface area contributed by atoms with E-state index in [4.69, 9.17) is 10.5 Å². The van der Waals surface area contributed by atoms with Gasteiger partial charge in [-0.1, -0.05) is 13.0 Å². The van der Waals surface area contributed by atoms with E-state index in [1.807, 2.05) is 0 Å². The number of aryl methyl sites for hydroxylation is 1. The van der Waals surface area contributed by atoms with Crippen LogP contribution in [-0.4, -0.2) is 12.6 Å². The van der Waals surface area contributed by atoms with Crippen molar-refractivity contribution in [3.8, 4) is 5.75 Å². The molecule has 3 rings (SSSR count). The second kappa shape index (κ2) is 3.77. The summed E-state index contributed by atoms with van der Waals surface area (Å²) in [6.07, 6.45) is 4.47. The number of hydrogen-bond donors (Lipinski definition) is 1. The van der Waals surface area contributed by atoms with Crippen LogP contribution in [0.15, 0.2) is 12.1 Å². The van der Waals surface area contributed by atoms with Crippen LogP contribution in [0.2, 0.25) is 0 Å². The largest absolute Gasteiger partial charge is 0.493 e. The van der Waals surface area contributed by atoms with Crippen molar-refractivity contribution in [1.29, 1.82) is 0 Å². The van der Waals surface area contributed by atoms with Gasteiger partial charge in [-0.3, -0.25) is 0 Å². The molecule has 2 nitrogen and oxygen atoms in total. The van der Waals surface area contributed by atoms with E-state index in [0.29, 0.717) is 12.0 Å². The van der Waals surface area contributed by atoms with Crippen LogP contribution in [0.25, 0.3) is 0 Å². The summed E-state index contributed by atoms with van der Waals surface area (Å²) in [5.41, 5.74) is 10.5. The third-order valence-electron chi connectivity index (χ3n) is 4.07. The summed E-state index contributed by atoms with van der Waals surface area (Å²) in [4.78, 5) is 0. The molecule has 0 saturated carbocycles. The van der Waals surface area contributed by atoms with Crippen molar-refractivity contribution in [2.45, 2.75) is 38.6 Å². The molecule has 2 atom stereocenters. The van der Waals surface area contributed by atoms with Gasteiger partial charge in [0.05, 0.1) is 6.61 Å². The zero-order valence-corrected chi connectivity index (χ0v) is 9.83. The van der Waals surface area contributed by atoms with E-state index in [2.05, 4.69) is 19.1 Å². The van der Waals surface area contributed by atoms with E-state index in [0.717, 1.165) is 25.2 Å². The Morgan fingerprint density at radius 3 is 2.94 bits per heavy atom. The Balaban J connectivity index is 2.00. The Morgan fingerprint density at radius 1 is 1.19 bits per heavy atom.